The van der Waals surface area contributed by atoms with Gasteiger partial charge in [-0.1, -0.05) is 72.8 Å². The number of rotatable bonds is 9. The second-order valence-corrected chi connectivity index (χ2v) is 13.1. The van der Waals surface area contributed by atoms with E-state index in [1.165, 1.54) is 50.5 Å². The van der Waals surface area contributed by atoms with Gasteiger partial charge < -0.3 is 9.16 Å². The van der Waals surface area contributed by atoms with Gasteiger partial charge in [-0.25, -0.2) is 0 Å². The van der Waals surface area contributed by atoms with Crippen LogP contribution < -0.4 is 0 Å². The minimum absolute atomic E-state index is 0.0518. The third kappa shape index (κ3) is 5.82. The summed E-state index contributed by atoms with van der Waals surface area (Å²) in [6, 6.07) is 0. The van der Waals surface area contributed by atoms with Gasteiger partial charge in [0.1, 0.15) is 0 Å². The van der Waals surface area contributed by atoms with Crippen LogP contribution >= 0.6 is 0 Å². The molecule has 0 amide bonds. The van der Waals surface area contributed by atoms with Crippen LogP contribution in [-0.2, 0) is 9.16 Å². The Morgan fingerprint density at radius 2 is 1.73 bits per heavy atom. The molecule has 1 aliphatic rings. The molecule has 0 spiro atoms. The van der Waals surface area contributed by atoms with Crippen molar-refractivity contribution in [2.45, 2.75) is 97.1 Å². The zero-order valence-electron chi connectivity index (χ0n) is 15.8. The molecule has 0 aliphatic carbocycles. The molecule has 0 N–H and O–H groups in total. The van der Waals surface area contributed by atoms with Gasteiger partial charge in [-0.2, -0.15) is 0 Å². The van der Waals surface area contributed by atoms with Crippen LogP contribution in [0.15, 0.2) is 12.2 Å². The summed E-state index contributed by atoms with van der Waals surface area (Å²) in [6.07, 6.45) is 9.15. The van der Waals surface area contributed by atoms with Gasteiger partial charge in [0.15, 0.2) is 14.6 Å². The van der Waals surface area contributed by atoms with E-state index in [4.69, 9.17) is 9.16 Å². The van der Waals surface area contributed by atoms with Crippen LogP contribution in [0, 0.1) is 5.92 Å². The highest BCUT2D eigenvalue weighted by molar-refractivity contribution is 6.74. The Labute approximate surface area is 139 Å². The molecular formula is C19H38O2Si. The van der Waals surface area contributed by atoms with Gasteiger partial charge in [0.2, 0.25) is 0 Å². The molecule has 2 atom stereocenters. The van der Waals surface area contributed by atoms with E-state index >= 15 is 0 Å². The van der Waals surface area contributed by atoms with Crippen LogP contribution in [0.4, 0.5) is 0 Å². The van der Waals surface area contributed by atoms with E-state index in [1.807, 2.05) is 0 Å². The molecule has 1 rings (SSSR count). The van der Waals surface area contributed by atoms with Crippen LogP contribution in [-0.4, -0.2) is 21.2 Å². The lowest BCUT2D eigenvalue weighted by Crippen LogP contribution is -2.45. The molecule has 1 aliphatic heterocycles. The third-order valence-corrected chi connectivity index (χ3v) is 9.81. The molecule has 3 heteroatoms. The average molecular weight is 327 g/mol. The second-order valence-electron chi connectivity index (χ2n) is 8.38. The molecular weight excluding hydrogens is 288 g/mol. The van der Waals surface area contributed by atoms with E-state index in [1.54, 1.807) is 0 Å². The Morgan fingerprint density at radius 3 is 2.32 bits per heavy atom. The molecule has 1 saturated heterocycles. The van der Waals surface area contributed by atoms with Crippen LogP contribution in [0.2, 0.25) is 18.1 Å². The predicted octanol–water partition coefficient (Wildman–Crippen LogP) is 6.29. The molecule has 0 aromatic carbocycles. The third-order valence-electron chi connectivity index (χ3n) is 5.37. The first-order valence-electron chi connectivity index (χ1n) is 9.16. The molecule has 0 aromatic heterocycles. The maximum Gasteiger partial charge on any atom is 0.195 e. The van der Waals surface area contributed by atoms with E-state index < -0.39 is 8.32 Å². The SMILES string of the molecule is C=C1COC(O[Si](C)(C)C(C)(C)C)C1CCCCCCCC. The first kappa shape index (κ1) is 19.9. The molecule has 0 saturated carbocycles. The average Bonchev–Trinajstić information content (AvgIpc) is 2.73. The zero-order chi connectivity index (χ0) is 16.8. The highest BCUT2D eigenvalue weighted by atomic mass is 28.4. The summed E-state index contributed by atoms with van der Waals surface area (Å²) in [4.78, 5) is 0. The van der Waals surface area contributed by atoms with Crippen molar-refractivity contribution in [1.82, 2.24) is 0 Å². The van der Waals surface area contributed by atoms with E-state index in [0.29, 0.717) is 12.5 Å². The van der Waals surface area contributed by atoms with Crippen molar-refractivity contribution in [3.8, 4) is 0 Å². The Kier molecular flexibility index (Phi) is 7.83. The van der Waals surface area contributed by atoms with Gasteiger partial charge in [-0.15, -0.1) is 0 Å². The first-order valence-corrected chi connectivity index (χ1v) is 12.1. The number of unbranched alkanes of at least 4 members (excludes halogenated alkanes) is 5. The Hall–Kier alpha value is -0.123. The standard InChI is InChI=1S/C19H38O2Si/c1-8-9-10-11-12-13-14-17-16(2)15-20-18(17)21-22(6,7)19(3,4)5/h17-18H,2,8-15H2,1,3-7H3. The summed E-state index contributed by atoms with van der Waals surface area (Å²) in [7, 11) is -1.77. The second kappa shape index (κ2) is 8.65. The van der Waals surface area contributed by atoms with Crippen LogP contribution in [0.1, 0.15) is 72.6 Å². The molecule has 0 aromatic rings. The number of hydrogen-bond acceptors (Lipinski definition) is 2. The molecule has 1 fully saturated rings. The monoisotopic (exact) mass is 326 g/mol. The molecule has 1 heterocycles. The topological polar surface area (TPSA) is 18.5 Å². The summed E-state index contributed by atoms with van der Waals surface area (Å²) >= 11 is 0. The smallest absolute Gasteiger partial charge is 0.195 e. The van der Waals surface area contributed by atoms with E-state index in [-0.39, 0.29) is 11.3 Å². The normalized spacial score (nSPS) is 23.3. The van der Waals surface area contributed by atoms with Crippen LogP contribution in [0.3, 0.4) is 0 Å². The maximum atomic E-state index is 6.50. The number of ether oxygens (including phenoxy) is 1. The van der Waals surface area contributed by atoms with Crippen molar-refractivity contribution in [3.05, 3.63) is 12.2 Å². The lowest BCUT2D eigenvalue weighted by Gasteiger charge is -2.39. The molecule has 2 nitrogen and oxygen atoms in total. The fourth-order valence-corrected chi connectivity index (χ4v) is 3.84. The van der Waals surface area contributed by atoms with Crippen LogP contribution in [0.25, 0.3) is 0 Å². The van der Waals surface area contributed by atoms with Gasteiger partial charge in [0.05, 0.1) is 6.61 Å². The summed E-state index contributed by atoms with van der Waals surface area (Å²) < 4.78 is 12.4. The quantitative estimate of drug-likeness (QED) is 0.282. The summed E-state index contributed by atoms with van der Waals surface area (Å²) in [6.45, 7) is 18.6. The fraction of sp³-hybridized carbons (Fsp3) is 0.895. The lowest BCUT2D eigenvalue weighted by molar-refractivity contribution is -0.0727. The van der Waals surface area contributed by atoms with Crippen molar-refractivity contribution in [2.75, 3.05) is 6.61 Å². The predicted molar refractivity (Wildman–Crippen MR) is 98.6 cm³/mol. The summed E-state index contributed by atoms with van der Waals surface area (Å²) in [5.74, 6) is 0.403. The highest BCUT2D eigenvalue weighted by Crippen LogP contribution is 2.41. The first-order chi connectivity index (χ1) is 10.2. The van der Waals surface area contributed by atoms with Crippen molar-refractivity contribution < 1.29 is 9.16 Å². The van der Waals surface area contributed by atoms with Crippen molar-refractivity contribution in [1.29, 1.82) is 0 Å². The fourth-order valence-electron chi connectivity index (χ4n) is 2.67. The molecule has 22 heavy (non-hydrogen) atoms. The Morgan fingerprint density at radius 1 is 1.14 bits per heavy atom. The zero-order valence-corrected chi connectivity index (χ0v) is 16.8. The van der Waals surface area contributed by atoms with Gasteiger partial charge in [0, 0.05) is 5.92 Å². The van der Waals surface area contributed by atoms with Gasteiger partial charge >= 0.3 is 0 Å². The molecule has 2 unspecified atom stereocenters. The largest absolute Gasteiger partial charge is 0.392 e. The van der Waals surface area contributed by atoms with Crippen molar-refractivity contribution in [3.63, 3.8) is 0 Å². The van der Waals surface area contributed by atoms with E-state index in [0.717, 1.165) is 0 Å². The Balaban J connectivity index is 2.45. The van der Waals surface area contributed by atoms with Crippen molar-refractivity contribution >= 4 is 8.32 Å². The minimum atomic E-state index is -1.77. The van der Waals surface area contributed by atoms with Gasteiger partial charge in [-0.3, -0.25) is 0 Å². The van der Waals surface area contributed by atoms with E-state index in [9.17, 15) is 0 Å². The van der Waals surface area contributed by atoms with Gasteiger partial charge in [0.25, 0.3) is 0 Å². The van der Waals surface area contributed by atoms with E-state index in [2.05, 4.69) is 47.4 Å². The lowest BCUT2D eigenvalue weighted by atomic mass is 9.95. The van der Waals surface area contributed by atoms with Gasteiger partial charge in [-0.05, 0) is 30.1 Å². The molecule has 130 valence electrons. The molecule has 0 radical (unpaired) electrons. The minimum Gasteiger partial charge on any atom is -0.392 e. The summed E-state index contributed by atoms with van der Waals surface area (Å²) in [5, 5.41) is 0.227. The summed E-state index contributed by atoms with van der Waals surface area (Å²) in [5.41, 5.74) is 1.23. The number of hydrogen-bond donors (Lipinski definition) is 0. The highest BCUT2D eigenvalue weighted by Gasteiger charge is 2.43. The van der Waals surface area contributed by atoms with Crippen molar-refractivity contribution in [2.24, 2.45) is 5.92 Å². The maximum absolute atomic E-state index is 6.50. The Bertz CT molecular complexity index is 344. The molecule has 0 bridgehead atoms. The van der Waals surface area contributed by atoms with Crippen LogP contribution in [0.5, 0.6) is 0 Å².